The summed E-state index contributed by atoms with van der Waals surface area (Å²) in [6.07, 6.45) is 1.78. The molecule has 0 saturated carbocycles. The van der Waals surface area contributed by atoms with E-state index in [1.807, 2.05) is 42.5 Å². The standard InChI is InChI=1S/C22H19Cl2NO/c1-15-7-9-20(11-16(15)2)25-13-18-12-19(23)8-10-22(18)26-14-17-5-3-4-6-21(17)24/h3-13H,14H2,1-2H3. The van der Waals surface area contributed by atoms with E-state index >= 15 is 0 Å². The molecule has 0 amide bonds. The Morgan fingerprint density at radius 1 is 0.923 bits per heavy atom. The van der Waals surface area contributed by atoms with Crippen molar-refractivity contribution in [3.05, 3.63) is 93.0 Å². The minimum Gasteiger partial charge on any atom is -0.488 e. The molecule has 0 N–H and O–H groups in total. The Balaban J connectivity index is 1.82. The predicted molar refractivity (Wildman–Crippen MR) is 110 cm³/mol. The summed E-state index contributed by atoms with van der Waals surface area (Å²) in [5.74, 6) is 0.710. The molecule has 4 heteroatoms. The van der Waals surface area contributed by atoms with Crippen LogP contribution >= 0.6 is 23.2 Å². The molecule has 3 rings (SSSR count). The van der Waals surface area contributed by atoms with E-state index in [9.17, 15) is 0 Å². The fourth-order valence-corrected chi connectivity index (χ4v) is 2.84. The van der Waals surface area contributed by atoms with Crippen molar-refractivity contribution in [1.29, 1.82) is 0 Å². The number of hydrogen-bond acceptors (Lipinski definition) is 2. The number of halogens is 2. The summed E-state index contributed by atoms with van der Waals surface area (Å²) in [4.78, 5) is 4.56. The second-order valence-corrected chi connectivity index (χ2v) is 6.93. The number of rotatable bonds is 5. The third kappa shape index (κ3) is 4.66. The topological polar surface area (TPSA) is 21.6 Å². The minimum atomic E-state index is 0.381. The summed E-state index contributed by atoms with van der Waals surface area (Å²) in [6.45, 7) is 4.54. The van der Waals surface area contributed by atoms with Crippen molar-refractivity contribution in [3.8, 4) is 5.75 Å². The van der Waals surface area contributed by atoms with Crippen LogP contribution in [0, 0.1) is 13.8 Å². The highest BCUT2D eigenvalue weighted by molar-refractivity contribution is 6.31. The van der Waals surface area contributed by atoms with Crippen molar-refractivity contribution in [3.63, 3.8) is 0 Å². The molecule has 0 aromatic heterocycles. The lowest BCUT2D eigenvalue weighted by atomic mass is 10.1. The lowest BCUT2D eigenvalue weighted by molar-refractivity contribution is 0.306. The lowest BCUT2D eigenvalue weighted by Crippen LogP contribution is -1.99. The van der Waals surface area contributed by atoms with Gasteiger partial charge >= 0.3 is 0 Å². The van der Waals surface area contributed by atoms with Crippen molar-refractivity contribution in [2.45, 2.75) is 20.5 Å². The summed E-state index contributed by atoms with van der Waals surface area (Å²) in [6, 6.07) is 19.2. The van der Waals surface area contributed by atoms with Crippen LogP contribution in [0.15, 0.2) is 65.7 Å². The van der Waals surface area contributed by atoms with Gasteiger partial charge in [-0.1, -0.05) is 47.5 Å². The van der Waals surface area contributed by atoms with Gasteiger partial charge in [0, 0.05) is 27.4 Å². The molecule has 0 heterocycles. The molecule has 2 nitrogen and oxygen atoms in total. The molecule has 0 aliphatic rings. The molecule has 0 saturated heterocycles. The van der Waals surface area contributed by atoms with Gasteiger partial charge in [-0.2, -0.15) is 0 Å². The van der Waals surface area contributed by atoms with Gasteiger partial charge in [0.15, 0.2) is 0 Å². The van der Waals surface area contributed by atoms with Crippen LogP contribution in [0.25, 0.3) is 0 Å². The molecule has 0 aliphatic carbocycles. The summed E-state index contributed by atoms with van der Waals surface area (Å²) in [5, 5.41) is 1.32. The van der Waals surface area contributed by atoms with E-state index in [0.717, 1.165) is 16.8 Å². The van der Waals surface area contributed by atoms with Crippen LogP contribution in [0.1, 0.15) is 22.3 Å². The molecule has 0 unspecified atom stereocenters. The number of ether oxygens (including phenoxy) is 1. The first-order valence-corrected chi connectivity index (χ1v) is 9.05. The number of benzene rings is 3. The van der Waals surface area contributed by atoms with Gasteiger partial charge in [-0.25, -0.2) is 0 Å². The van der Waals surface area contributed by atoms with Crippen molar-refractivity contribution in [2.75, 3.05) is 0 Å². The highest BCUT2D eigenvalue weighted by Gasteiger charge is 2.06. The first kappa shape index (κ1) is 18.5. The fourth-order valence-electron chi connectivity index (χ4n) is 2.47. The largest absolute Gasteiger partial charge is 0.488 e. The van der Waals surface area contributed by atoms with Crippen LogP contribution in [0.4, 0.5) is 5.69 Å². The summed E-state index contributed by atoms with van der Waals surface area (Å²) >= 11 is 12.3. The number of aryl methyl sites for hydroxylation is 2. The second kappa shape index (κ2) is 8.39. The quantitative estimate of drug-likeness (QED) is 0.437. The predicted octanol–water partition coefficient (Wildman–Crippen LogP) is 6.94. The van der Waals surface area contributed by atoms with Gasteiger partial charge in [0.2, 0.25) is 0 Å². The third-order valence-electron chi connectivity index (χ3n) is 4.16. The summed E-state index contributed by atoms with van der Waals surface area (Å²) in [7, 11) is 0. The average Bonchev–Trinajstić information content (AvgIpc) is 2.63. The first-order chi connectivity index (χ1) is 12.5. The van der Waals surface area contributed by atoms with Gasteiger partial charge in [-0.15, -0.1) is 0 Å². The van der Waals surface area contributed by atoms with Gasteiger partial charge in [0.1, 0.15) is 12.4 Å². The average molecular weight is 384 g/mol. The van der Waals surface area contributed by atoms with Crippen molar-refractivity contribution in [1.82, 2.24) is 0 Å². The Hall–Kier alpha value is -2.29. The first-order valence-electron chi connectivity index (χ1n) is 8.30. The maximum Gasteiger partial charge on any atom is 0.128 e. The molecular weight excluding hydrogens is 365 g/mol. The molecule has 0 spiro atoms. The molecule has 0 fully saturated rings. The highest BCUT2D eigenvalue weighted by Crippen LogP contribution is 2.25. The number of nitrogens with zero attached hydrogens (tertiary/aromatic N) is 1. The zero-order valence-corrected chi connectivity index (χ0v) is 16.2. The molecule has 0 atom stereocenters. The molecule has 132 valence electrons. The Morgan fingerprint density at radius 3 is 2.50 bits per heavy atom. The molecule has 3 aromatic rings. The van der Waals surface area contributed by atoms with Crippen LogP contribution in [0.2, 0.25) is 10.0 Å². The molecule has 0 bridgehead atoms. The SMILES string of the molecule is Cc1ccc(N=Cc2cc(Cl)ccc2OCc2ccccc2Cl)cc1C. The summed E-state index contributed by atoms with van der Waals surface area (Å²) in [5.41, 5.74) is 5.10. The monoisotopic (exact) mass is 383 g/mol. The van der Waals surface area contributed by atoms with Gasteiger partial charge in [0.25, 0.3) is 0 Å². The van der Waals surface area contributed by atoms with E-state index in [1.54, 1.807) is 12.3 Å². The Labute approximate surface area is 164 Å². The van der Waals surface area contributed by atoms with E-state index in [4.69, 9.17) is 27.9 Å². The van der Waals surface area contributed by atoms with Crippen LogP contribution < -0.4 is 4.74 Å². The van der Waals surface area contributed by atoms with Crippen LogP contribution in [-0.2, 0) is 6.61 Å². The van der Waals surface area contributed by atoms with Crippen molar-refractivity contribution < 1.29 is 4.74 Å². The van der Waals surface area contributed by atoms with E-state index in [2.05, 4.69) is 31.0 Å². The fraction of sp³-hybridized carbons (Fsp3) is 0.136. The molecule has 0 aliphatic heterocycles. The Bertz CT molecular complexity index is 951. The van der Waals surface area contributed by atoms with Crippen molar-refractivity contribution in [2.24, 2.45) is 4.99 Å². The second-order valence-electron chi connectivity index (χ2n) is 6.09. The van der Waals surface area contributed by atoms with Crippen LogP contribution in [0.5, 0.6) is 5.75 Å². The molecule has 3 aromatic carbocycles. The number of hydrogen-bond donors (Lipinski definition) is 0. The van der Waals surface area contributed by atoms with E-state index in [0.29, 0.717) is 22.4 Å². The zero-order chi connectivity index (χ0) is 18.5. The molecule has 26 heavy (non-hydrogen) atoms. The zero-order valence-electron chi connectivity index (χ0n) is 14.7. The van der Waals surface area contributed by atoms with E-state index in [-0.39, 0.29) is 0 Å². The van der Waals surface area contributed by atoms with Crippen LogP contribution in [-0.4, -0.2) is 6.21 Å². The molecular formula is C22H19Cl2NO. The normalized spacial score (nSPS) is 11.1. The van der Waals surface area contributed by atoms with Crippen molar-refractivity contribution >= 4 is 35.1 Å². The summed E-state index contributed by atoms with van der Waals surface area (Å²) < 4.78 is 5.96. The highest BCUT2D eigenvalue weighted by atomic mass is 35.5. The van der Waals surface area contributed by atoms with Gasteiger partial charge in [-0.3, -0.25) is 4.99 Å². The maximum atomic E-state index is 6.20. The smallest absolute Gasteiger partial charge is 0.128 e. The third-order valence-corrected chi connectivity index (χ3v) is 4.76. The lowest BCUT2D eigenvalue weighted by Gasteiger charge is -2.10. The van der Waals surface area contributed by atoms with Gasteiger partial charge in [0.05, 0.1) is 5.69 Å². The van der Waals surface area contributed by atoms with E-state index in [1.165, 1.54) is 11.1 Å². The van der Waals surface area contributed by atoms with Gasteiger partial charge < -0.3 is 4.74 Å². The van der Waals surface area contributed by atoms with Gasteiger partial charge in [-0.05, 0) is 61.4 Å². The Kier molecular flexibility index (Phi) is 5.97. The van der Waals surface area contributed by atoms with Crippen LogP contribution in [0.3, 0.4) is 0 Å². The minimum absolute atomic E-state index is 0.381. The Morgan fingerprint density at radius 2 is 1.73 bits per heavy atom. The van der Waals surface area contributed by atoms with E-state index < -0.39 is 0 Å². The molecule has 0 radical (unpaired) electrons. The maximum absolute atomic E-state index is 6.20. The number of aliphatic imine (C=N–C) groups is 1.